The third kappa shape index (κ3) is 4.07. The number of aryl methyl sites for hydroxylation is 1. The van der Waals surface area contributed by atoms with Crippen molar-refractivity contribution in [2.24, 2.45) is 0 Å². The van der Waals surface area contributed by atoms with Crippen LogP contribution in [0.25, 0.3) is 0 Å². The van der Waals surface area contributed by atoms with Crippen LogP contribution in [-0.4, -0.2) is 10.8 Å². The van der Waals surface area contributed by atoms with E-state index in [9.17, 15) is 14.9 Å². The second-order valence-corrected chi connectivity index (χ2v) is 5.67. The zero-order valence-corrected chi connectivity index (χ0v) is 13.6. The van der Waals surface area contributed by atoms with E-state index >= 15 is 0 Å². The van der Waals surface area contributed by atoms with E-state index in [1.54, 1.807) is 0 Å². The number of hydrogen-bond acceptors (Lipinski definition) is 3. The molecular weight excluding hydrogens is 316 g/mol. The Morgan fingerprint density at radius 1 is 1.26 bits per heavy atom. The van der Waals surface area contributed by atoms with Gasteiger partial charge in [-0.25, -0.2) is 0 Å². The van der Waals surface area contributed by atoms with Gasteiger partial charge in [0.2, 0.25) is 0 Å². The van der Waals surface area contributed by atoms with E-state index in [-0.39, 0.29) is 22.3 Å². The summed E-state index contributed by atoms with van der Waals surface area (Å²) in [5, 5.41) is 13.9. The van der Waals surface area contributed by atoms with Gasteiger partial charge in [-0.3, -0.25) is 14.9 Å². The molecule has 0 spiro atoms. The van der Waals surface area contributed by atoms with Crippen LogP contribution in [0.2, 0.25) is 5.02 Å². The van der Waals surface area contributed by atoms with Crippen LogP contribution in [0.15, 0.2) is 42.5 Å². The van der Waals surface area contributed by atoms with Crippen molar-refractivity contribution in [3.05, 3.63) is 74.3 Å². The first-order valence-electron chi connectivity index (χ1n) is 7.23. The number of halogens is 1. The highest BCUT2D eigenvalue weighted by Crippen LogP contribution is 2.24. The standard InChI is InChI=1S/C17H17ClN2O3/c1-3-16(12-6-4-11(2)5-7-12)19-17(21)14-10-13(20(22)23)8-9-15(14)18/h4-10,16H,3H2,1-2H3,(H,19,21)/t16-/m0/s1. The lowest BCUT2D eigenvalue weighted by atomic mass is 10.0. The van der Waals surface area contributed by atoms with Gasteiger partial charge in [-0.2, -0.15) is 0 Å². The smallest absolute Gasteiger partial charge is 0.270 e. The molecule has 0 aliphatic rings. The number of nitro groups is 1. The topological polar surface area (TPSA) is 72.2 Å². The van der Waals surface area contributed by atoms with Crippen molar-refractivity contribution in [3.63, 3.8) is 0 Å². The Morgan fingerprint density at radius 3 is 2.48 bits per heavy atom. The number of rotatable bonds is 5. The molecule has 0 saturated carbocycles. The van der Waals surface area contributed by atoms with E-state index in [0.717, 1.165) is 11.1 Å². The lowest BCUT2D eigenvalue weighted by Gasteiger charge is -2.18. The van der Waals surface area contributed by atoms with E-state index in [0.29, 0.717) is 6.42 Å². The Labute approximate surface area is 139 Å². The van der Waals surface area contributed by atoms with E-state index < -0.39 is 10.8 Å². The molecule has 0 unspecified atom stereocenters. The SMILES string of the molecule is CC[C@H](NC(=O)c1cc([N+](=O)[O-])ccc1Cl)c1ccc(C)cc1. The summed E-state index contributed by atoms with van der Waals surface area (Å²) in [6, 6.07) is 11.5. The zero-order chi connectivity index (χ0) is 17.0. The highest BCUT2D eigenvalue weighted by Gasteiger charge is 2.19. The van der Waals surface area contributed by atoms with Crippen molar-refractivity contribution in [1.82, 2.24) is 5.32 Å². The van der Waals surface area contributed by atoms with Crippen molar-refractivity contribution < 1.29 is 9.72 Å². The average Bonchev–Trinajstić information content (AvgIpc) is 2.53. The molecular formula is C17H17ClN2O3. The fourth-order valence-corrected chi connectivity index (χ4v) is 2.46. The molecule has 2 aromatic carbocycles. The highest BCUT2D eigenvalue weighted by atomic mass is 35.5. The maximum absolute atomic E-state index is 12.4. The van der Waals surface area contributed by atoms with Gasteiger partial charge in [-0.15, -0.1) is 0 Å². The second-order valence-electron chi connectivity index (χ2n) is 5.27. The number of carbonyl (C=O) groups excluding carboxylic acids is 1. The minimum Gasteiger partial charge on any atom is -0.345 e. The van der Waals surface area contributed by atoms with Crippen molar-refractivity contribution in [2.45, 2.75) is 26.3 Å². The average molecular weight is 333 g/mol. The summed E-state index contributed by atoms with van der Waals surface area (Å²) in [7, 11) is 0. The molecule has 2 rings (SSSR count). The molecule has 0 heterocycles. The molecule has 5 nitrogen and oxygen atoms in total. The predicted molar refractivity (Wildman–Crippen MR) is 89.8 cm³/mol. The maximum atomic E-state index is 12.4. The van der Waals surface area contributed by atoms with Crippen LogP contribution in [0.3, 0.4) is 0 Å². The highest BCUT2D eigenvalue weighted by molar-refractivity contribution is 6.33. The number of nitrogens with zero attached hydrogens (tertiary/aromatic N) is 1. The van der Waals surface area contributed by atoms with E-state index in [1.807, 2.05) is 38.1 Å². The molecule has 1 atom stereocenters. The van der Waals surface area contributed by atoms with Crippen LogP contribution < -0.4 is 5.32 Å². The molecule has 0 saturated heterocycles. The van der Waals surface area contributed by atoms with Crippen LogP contribution in [0.4, 0.5) is 5.69 Å². The van der Waals surface area contributed by atoms with Gasteiger partial charge in [-0.1, -0.05) is 48.4 Å². The zero-order valence-electron chi connectivity index (χ0n) is 12.9. The summed E-state index contributed by atoms with van der Waals surface area (Å²) in [6.45, 7) is 3.95. The second kappa shape index (κ2) is 7.24. The number of amides is 1. The molecule has 120 valence electrons. The predicted octanol–water partition coefficient (Wildman–Crippen LogP) is 4.44. The minimum absolute atomic E-state index is 0.103. The largest absolute Gasteiger partial charge is 0.345 e. The fraction of sp³-hybridized carbons (Fsp3) is 0.235. The Bertz CT molecular complexity index is 729. The summed E-state index contributed by atoms with van der Waals surface area (Å²) in [6.07, 6.45) is 0.696. The normalized spacial score (nSPS) is 11.8. The first-order valence-corrected chi connectivity index (χ1v) is 7.61. The molecule has 1 N–H and O–H groups in total. The van der Waals surface area contributed by atoms with Crippen molar-refractivity contribution in [1.29, 1.82) is 0 Å². The molecule has 0 fully saturated rings. The molecule has 6 heteroatoms. The van der Waals surface area contributed by atoms with Gasteiger partial charge in [0, 0.05) is 12.1 Å². The van der Waals surface area contributed by atoms with Gasteiger partial charge < -0.3 is 5.32 Å². The molecule has 0 aliphatic carbocycles. The number of nitrogens with one attached hydrogen (secondary N) is 1. The molecule has 2 aromatic rings. The maximum Gasteiger partial charge on any atom is 0.270 e. The van der Waals surface area contributed by atoms with Crippen LogP contribution in [0.1, 0.15) is 40.9 Å². The Hall–Kier alpha value is -2.40. The molecule has 23 heavy (non-hydrogen) atoms. The number of nitro benzene ring substituents is 1. The van der Waals surface area contributed by atoms with Crippen LogP contribution >= 0.6 is 11.6 Å². The van der Waals surface area contributed by atoms with Crippen LogP contribution in [-0.2, 0) is 0 Å². The number of non-ortho nitro benzene ring substituents is 1. The first kappa shape index (κ1) is 17.0. The third-order valence-electron chi connectivity index (χ3n) is 3.60. The van der Waals surface area contributed by atoms with Gasteiger partial charge >= 0.3 is 0 Å². The van der Waals surface area contributed by atoms with Gasteiger partial charge in [0.25, 0.3) is 11.6 Å². The van der Waals surface area contributed by atoms with E-state index in [4.69, 9.17) is 11.6 Å². The lowest BCUT2D eigenvalue weighted by Crippen LogP contribution is -2.28. The minimum atomic E-state index is -0.551. The molecule has 0 aromatic heterocycles. The summed E-state index contributed by atoms with van der Waals surface area (Å²) < 4.78 is 0. The number of hydrogen-bond donors (Lipinski definition) is 1. The van der Waals surface area contributed by atoms with Crippen LogP contribution in [0, 0.1) is 17.0 Å². The summed E-state index contributed by atoms with van der Waals surface area (Å²) >= 11 is 6.01. The molecule has 0 aliphatic heterocycles. The summed E-state index contributed by atoms with van der Waals surface area (Å²) in [5.41, 5.74) is 2.05. The number of carbonyl (C=O) groups is 1. The van der Waals surface area contributed by atoms with Gasteiger partial charge in [0.15, 0.2) is 0 Å². The fourth-order valence-electron chi connectivity index (χ4n) is 2.26. The Balaban J connectivity index is 2.24. The molecule has 0 bridgehead atoms. The Kier molecular flexibility index (Phi) is 5.34. The third-order valence-corrected chi connectivity index (χ3v) is 3.93. The van der Waals surface area contributed by atoms with Crippen molar-refractivity contribution in [2.75, 3.05) is 0 Å². The molecule has 1 amide bonds. The van der Waals surface area contributed by atoms with Crippen molar-refractivity contribution >= 4 is 23.2 Å². The monoisotopic (exact) mass is 332 g/mol. The summed E-state index contributed by atoms with van der Waals surface area (Å²) in [5.74, 6) is -0.425. The number of benzene rings is 2. The lowest BCUT2D eigenvalue weighted by molar-refractivity contribution is -0.384. The Morgan fingerprint density at radius 2 is 1.91 bits per heavy atom. The van der Waals surface area contributed by atoms with Crippen molar-refractivity contribution in [3.8, 4) is 0 Å². The van der Waals surface area contributed by atoms with E-state index in [1.165, 1.54) is 18.2 Å². The van der Waals surface area contributed by atoms with Gasteiger partial charge in [0.1, 0.15) is 0 Å². The van der Waals surface area contributed by atoms with Crippen LogP contribution in [0.5, 0.6) is 0 Å². The molecule has 0 radical (unpaired) electrons. The van der Waals surface area contributed by atoms with Gasteiger partial charge in [0.05, 0.1) is 21.6 Å². The quantitative estimate of drug-likeness (QED) is 0.650. The first-order chi connectivity index (χ1) is 10.9. The van der Waals surface area contributed by atoms with E-state index in [2.05, 4.69) is 5.32 Å². The summed E-state index contributed by atoms with van der Waals surface area (Å²) in [4.78, 5) is 22.7. The van der Waals surface area contributed by atoms with Gasteiger partial charge in [-0.05, 0) is 25.0 Å².